The van der Waals surface area contributed by atoms with E-state index in [0.29, 0.717) is 0 Å². The number of hydrogen-bond acceptors (Lipinski definition) is 3. The topological polar surface area (TPSA) is 37.8 Å². The van der Waals surface area contributed by atoms with E-state index in [1.54, 1.807) is 0 Å². The van der Waals surface area contributed by atoms with Gasteiger partial charge in [-0.15, -0.1) is 0 Å². The second-order valence-electron chi connectivity index (χ2n) is 5.35. The molecule has 21 heavy (non-hydrogen) atoms. The van der Waals surface area contributed by atoms with E-state index in [1.807, 2.05) is 37.5 Å². The fourth-order valence-corrected chi connectivity index (χ4v) is 2.54. The summed E-state index contributed by atoms with van der Waals surface area (Å²) < 4.78 is 0. The largest absolute Gasteiger partial charge is 0.308 e. The molecular formula is C18H19N3. The highest BCUT2D eigenvalue weighted by Crippen LogP contribution is 2.23. The molecule has 0 aliphatic heterocycles. The predicted octanol–water partition coefficient (Wildman–Crippen LogP) is 3.56. The van der Waals surface area contributed by atoms with E-state index in [-0.39, 0.29) is 6.04 Å². The van der Waals surface area contributed by atoms with E-state index in [9.17, 15) is 0 Å². The molecule has 0 radical (unpaired) electrons. The number of nitrogens with zero attached hydrogens (tertiary/aromatic N) is 2. The third-order valence-corrected chi connectivity index (χ3v) is 3.92. The Kier molecular flexibility index (Phi) is 3.67. The summed E-state index contributed by atoms with van der Waals surface area (Å²) in [6.45, 7) is 4.26. The van der Waals surface area contributed by atoms with Crippen LogP contribution in [0, 0.1) is 13.8 Å². The van der Waals surface area contributed by atoms with Crippen molar-refractivity contribution in [2.75, 3.05) is 7.05 Å². The maximum atomic E-state index is 4.75. The normalized spacial score (nSPS) is 12.5. The van der Waals surface area contributed by atoms with Crippen molar-refractivity contribution in [3.63, 3.8) is 0 Å². The average Bonchev–Trinajstić information content (AvgIpc) is 2.51. The minimum Gasteiger partial charge on any atom is -0.308 e. The van der Waals surface area contributed by atoms with Crippen LogP contribution in [0.1, 0.15) is 28.4 Å². The fraction of sp³-hybridized carbons (Fsp3) is 0.222. The summed E-state index contributed by atoms with van der Waals surface area (Å²) in [6.07, 6.45) is 1.86. The Labute approximate surface area is 125 Å². The Morgan fingerprint density at radius 3 is 2.43 bits per heavy atom. The van der Waals surface area contributed by atoms with Gasteiger partial charge in [-0.3, -0.25) is 4.98 Å². The summed E-state index contributed by atoms with van der Waals surface area (Å²) in [5.74, 6) is 0. The van der Waals surface area contributed by atoms with Crippen LogP contribution in [0.25, 0.3) is 11.0 Å². The first-order chi connectivity index (χ1) is 10.2. The lowest BCUT2D eigenvalue weighted by molar-refractivity contribution is 0.670. The van der Waals surface area contributed by atoms with Crippen molar-refractivity contribution in [1.82, 2.24) is 15.3 Å². The van der Waals surface area contributed by atoms with Crippen molar-refractivity contribution in [1.29, 1.82) is 0 Å². The monoisotopic (exact) mass is 277 g/mol. The molecule has 0 saturated carbocycles. The van der Waals surface area contributed by atoms with Gasteiger partial charge in [0.25, 0.3) is 0 Å². The van der Waals surface area contributed by atoms with Gasteiger partial charge in [0, 0.05) is 0 Å². The van der Waals surface area contributed by atoms with Gasteiger partial charge in [0.2, 0.25) is 0 Å². The van der Waals surface area contributed by atoms with Crippen molar-refractivity contribution in [3.05, 3.63) is 71.0 Å². The maximum absolute atomic E-state index is 4.75. The first-order valence-corrected chi connectivity index (χ1v) is 7.15. The molecule has 3 nitrogen and oxygen atoms in total. The smallest absolute Gasteiger partial charge is 0.0890 e. The minimum atomic E-state index is 0.0569. The zero-order valence-corrected chi connectivity index (χ0v) is 12.6. The number of para-hydroxylation sites is 2. The van der Waals surface area contributed by atoms with Crippen LogP contribution in [-0.4, -0.2) is 17.0 Å². The van der Waals surface area contributed by atoms with Gasteiger partial charge in [-0.05, 0) is 49.7 Å². The molecule has 0 aliphatic rings. The van der Waals surface area contributed by atoms with Crippen LogP contribution in [-0.2, 0) is 0 Å². The molecule has 3 aromatic rings. The molecule has 0 spiro atoms. The second kappa shape index (κ2) is 5.62. The highest BCUT2D eigenvalue weighted by Gasteiger charge is 2.15. The molecule has 3 heteroatoms. The second-order valence-corrected chi connectivity index (χ2v) is 5.35. The number of rotatable bonds is 3. The Bertz CT molecular complexity index is 780. The summed E-state index contributed by atoms with van der Waals surface area (Å²) in [6, 6.07) is 14.5. The lowest BCUT2D eigenvalue weighted by Gasteiger charge is -2.17. The molecule has 1 unspecified atom stereocenters. The molecule has 1 aromatic heterocycles. The highest BCUT2D eigenvalue weighted by molar-refractivity contribution is 5.73. The van der Waals surface area contributed by atoms with Gasteiger partial charge < -0.3 is 5.32 Å². The first-order valence-electron chi connectivity index (χ1n) is 7.15. The Morgan fingerprint density at radius 1 is 0.952 bits per heavy atom. The van der Waals surface area contributed by atoms with Crippen molar-refractivity contribution in [3.8, 4) is 0 Å². The van der Waals surface area contributed by atoms with Crippen molar-refractivity contribution < 1.29 is 0 Å². The molecule has 1 atom stereocenters. The van der Waals surface area contributed by atoms with Crippen LogP contribution in [0.5, 0.6) is 0 Å². The van der Waals surface area contributed by atoms with Crippen LogP contribution < -0.4 is 5.32 Å². The molecule has 2 aromatic carbocycles. The van der Waals surface area contributed by atoms with Gasteiger partial charge in [-0.25, -0.2) is 4.98 Å². The van der Waals surface area contributed by atoms with E-state index >= 15 is 0 Å². The summed E-state index contributed by atoms with van der Waals surface area (Å²) in [4.78, 5) is 9.26. The summed E-state index contributed by atoms with van der Waals surface area (Å²) in [5.41, 5.74) is 6.61. The maximum Gasteiger partial charge on any atom is 0.0890 e. The molecule has 3 rings (SSSR count). The van der Waals surface area contributed by atoms with Crippen LogP contribution in [0.15, 0.2) is 48.7 Å². The van der Waals surface area contributed by atoms with E-state index in [1.165, 1.54) is 16.7 Å². The molecule has 0 saturated heterocycles. The molecule has 0 fully saturated rings. The van der Waals surface area contributed by atoms with Crippen LogP contribution in [0.3, 0.4) is 0 Å². The number of hydrogen-bond donors (Lipinski definition) is 1. The molecular weight excluding hydrogens is 258 g/mol. The van der Waals surface area contributed by atoms with Gasteiger partial charge in [-0.2, -0.15) is 0 Å². The Morgan fingerprint density at radius 2 is 1.71 bits per heavy atom. The lowest BCUT2D eigenvalue weighted by Crippen LogP contribution is -2.19. The lowest BCUT2D eigenvalue weighted by atomic mass is 9.99. The van der Waals surface area contributed by atoms with Crippen molar-refractivity contribution in [2.45, 2.75) is 19.9 Å². The third-order valence-electron chi connectivity index (χ3n) is 3.92. The summed E-state index contributed by atoms with van der Waals surface area (Å²) in [7, 11) is 1.96. The Balaban J connectivity index is 2.06. The Hall–Kier alpha value is -2.26. The standard InChI is InChI=1S/C18H19N3/c1-12-8-9-14(10-13(12)2)18(19-3)17-11-20-15-6-4-5-7-16(15)21-17/h4-11,18-19H,1-3H3. The average molecular weight is 277 g/mol. The van der Waals surface area contributed by atoms with Gasteiger partial charge in [0.1, 0.15) is 0 Å². The van der Waals surface area contributed by atoms with Crippen molar-refractivity contribution >= 4 is 11.0 Å². The SMILES string of the molecule is CNC(c1ccc(C)c(C)c1)c1cnc2ccccc2n1. The third kappa shape index (κ3) is 2.65. The van der Waals surface area contributed by atoms with Crippen LogP contribution in [0.4, 0.5) is 0 Å². The molecule has 106 valence electrons. The number of fused-ring (bicyclic) bond motifs is 1. The molecule has 0 aliphatic carbocycles. The van der Waals surface area contributed by atoms with Gasteiger partial charge >= 0.3 is 0 Å². The number of benzene rings is 2. The van der Waals surface area contributed by atoms with Gasteiger partial charge in [-0.1, -0.05) is 30.3 Å². The molecule has 0 amide bonds. The number of aromatic nitrogens is 2. The molecule has 1 N–H and O–H groups in total. The van der Waals surface area contributed by atoms with Gasteiger partial charge in [0.15, 0.2) is 0 Å². The molecule has 1 heterocycles. The van der Waals surface area contributed by atoms with Crippen molar-refractivity contribution in [2.24, 2.45) is 0 Å². The molecule has 0 bridgehead atoms. The van der Waals surface area contributed by atoms with Crippen LogP contribution >= 0.6 is 0 Å². The first kappa shape index (κ1) is 13.7. The van der Waals surface area contributed by atoms with E-state index in [2.05, 4.69) is 42.3 Å². The van der Waals surface area contributed by atoms with Gasteiger partial charge in [0.05, 0.1) is 29.0 Å². The zero-order valence-electron chi connectivity index (χ0n) is 12.6. The van der Waals surface area contributed by atoms with Crippen LogP contribution in [0.2, 0.25) is 0 Å². The van der Waals surface area contributed by atoms with E-state index in [0.717, 1.165) is 16.7 Å². The number of aryl methyl sites for hydroxylation is 2. The number of nitrogens with one attached hydrogen (secondary N) is 1. The van der Waals surface area contributed by atoms with E-state index < -0.39 is 0 Å². The summed E-state index contributed by atoms with van der Waals surface area (Å²) in [5, 5.41) is 3.34. The zero-order chi connectivity index (χ0) is 14.8. The highest BCUT2D eigenvalue weighted by atomic mass is 14.9. The minimum absolute atomic E-state index is 0.0569. The predicted molar refractivity (Wildman–Crippen MR) is 86.4 cm³/mol. The summed E-state index contributed by atoms with van der Waals surface area (Å²) >= 11 is 0. The fourth-order valence-electron chi connectivity index (χ4n) is 2.54. The van der Waals surface area contributed by atoms with E-state index in [4.69, 9.17) is 4.98 Å². The quantitative estimate of drug-likeness (QED) is 0.795.